The second-order valence-corrected chi connectivity index (χ2v) is 5.21. The van der Waals surface area contributed by atoms with Crippen molar-refractivity contribution in [1.82, 2.24) is 0 Å². The van der Waals surface area contributed by atoms with Gasteiger partial charge in [-0.05, 0) is 24.0 Å². The van der Waals surface area contributed by atoms with Gasteiger partial charge in [0.25, 0.3) is 0 Å². The zero-order valence-electron chi connectivity index (χ0n) is 11.7. The lowest BCUT2D eigenvalue weighted by Gasteiger charge is -2.31. The fraction of sp³-hybridized carbons (Fsp3) is 0.467. The minimum absolute atomic E-state index is 0.0299. The highest BCUT2D eigenvalue weighted by atomic mass is 19.4. The van der Waals surface area contributed by atoms with Crippen molar-refractivity contribution in [1.29, 1.82) is 5.26 Å². The van der Waals surface area contributed by atoms with Crippen LogP contribution in [0, 0.1) is 17.2 Å². The van der Waals surface area contributed by atoms with E-state index in [4.69, 9.17) is 5.11 Å². The Morgan fingerprint density at radius 3 is 2.33 bits per heavy atom. The van der Waals surface area contributed by atoms with E-state index in [1.165, 1.54) is 12.1 Å². The molecule has 0 spiro atoms. The predicted octanol–water partition coefficient (Wildman–Crippen LogP) is 3.99. The van der Waals surface area contributed by atoms with Gasteiger partial charge in [0, 0.05) is 6.42 Å². The van der Waals surface area contributed by atoms with Crippen molar-refractivity contribution in [2.24, 2.45) is 5.92 Å². The van der Waals surface area contributed by atoms with Gasteiger partial charge >= 0.3 is 12.1 Å². The SMILES string of the molecule is CC(C)C(C#N)(CCC(=O)O)c1cccc(C(F)(F)F)c1. The van der Waals surface area contributed by atoms with E-state index in [1.54, 1.807) is 13.8 Å². The molecule has 0 saturated heterocycles. The summed E-state index contributed by atoms with van der Waals surface area (Å²) in [6.45, 7) is 3.40. The molecule has 0 aromatic heterocycles. The molecule has 1 atom stereocenters. The minimum atomic E-state index is -4.50. The van der Waals surface area contributed by atoms with Crippen LogP contribution in [-0.4, -0.2) is 11.1 Å². The number of nitrogens with zero attached hydrogens (tertiary/aromatic N) is 1. The van der Waals surface area contributed by atoms with Gasteiger partial charge in [0.2, 0.25) is 0 Å². The Bertz CT molecular complexity index is 561. The van der Waals surface area contributed by atoms with E-state index in [9.17, 15) is 23.2 Å². The largest absolute Gasteiger partial charge is 0.481 e. The van der Waals surface area contributed by atoms with E-state index >= 15 is 0 Å². The van der Waals surface area contributed by atoms with E-state index in [1.807, 2.05) is 6.07 Å². The summed E-state index contributed by atoms with van der Waals surface area (Å²) in [5.41, 5.74) is -1.88. The second-order valence-electron chi connectivity index (χ2n) is 5.21. The number of nitriles is 1. The van der Waals surface area contributed by atoms with Crippen LogP contribution in [0.3, 0.4) is 0 Å². The maximum Gasteiger partial charge on any atom is 0.416 e. The summed E-state index contributed by atoms with van der Waals surface area (Å²) in [5.74, 6) is -1.40. The number of alkyl halides is 3. The zero-order chi connectivity index (χ0) is 16.3. The molecule has 1 rings (SSSR count). The topological polar surface area (TPSA) is 61.1 Å². The molecule has 0 saturated carbocycles. The summed E-state index contributed by atoms with van der Waals surface area (Å²) in [5, 5.41) is 18.3. The number of benzene rings is 1. The van der Waals surface area contributed by atoms with Gasteiger partial charge in [-0.2, -0.15) is 18.4 Å². The average molecular weight is 299 g/mol. The summed E-state index contributed by atoms with van der Waals surface area (Å²) in [6, 6.07) is 6.59. The molecular formula is C15H16F3NO2. The average Bonchev–Trinajstić information content (AvgIpc) is 2.38. The molecule has 0 bridgehead atoms. The Morgan fingerprint density at radius 1 is 1.33 bits per heavy atom. The highest BCUT2D eigenvalue weighted by Crippen LogP contribution is 2.39. The first-order chi connectivity index (χ1) is 9.63. The summed E-state index contributed by atoms with van der Waals surface area (Å²) in [6.07, 6.45) is -4.80. The molecule has 3 nitrogen and oxygen atoms in total. The number of carbonyl (C=O) groups is 1. The number of rotatable bonds is 5. The molecule has 0 aliphatic carbocycles. The van der Waals surface area contributed by atoms with E-state index in [0.717, 1.165) is 12.1 Å². The molecule has 0 fully saturated rings. The molecule has 0 radical (unpaired) electrons. The number of hydrogen-bond donors (Lipinski definition) is 1. The van der Waals surface area contributed by atoms with Crippen molar-refractivity contribution in [2.45, 2.75) is 38.3 Å². The van der Waals surface area contributed by atoms with Crippen molar-refractivity contribution in [3.8, 4) is 6.07 Å². The van der Waals surface area contributed by atoms with Gasteiger partial charge in [-0.1, -0.05) is 32.0 Å². The molecule has 1 unspecified atom stereocenters. The zero-order valence-corrected chi connectivity index (χ0v) is 11.7. The summed E-state index contributed by atoms with van der Waals surface area (Å²) < 4.78 is 38.4. The third kappa shape index (κ3) is 3.75. The van der Waals surface area contributed by atoms with Gasteiger partial charge in [0.15, 0.2) is 0 Å². The van der Waals surface area contributed by atoms with Crippen LogP contribution in [0.5, 0.6) is 0 Å². The molecule has 0 heterocycles. The Kier molecular flexibility index (Phi) is 5.00. The monoisotopic (exact) mass is 299 g/mol. The van der Waals surface area contributed by atoms with Gasteiger partial charge in [-0.3, -0.25) is 4.79 Å². The first-order valence-corrected chi connectivity index (χ1v) is 6.44. The van der Waals surface area contributed by atoms with Crippen LogP contribution in [0.2, 0.25) is 0 Å². The first kappa shape index (κ1) is 17.0. The number of halogens is 3. The number of carboxylic acid groups (broad SMARTS) is 1. The molecular weight excluding hydrogens is 283 g/mol. The molecule has 1 N–H and O–H groups in total. The smallest absolute Gasteiger partial charge is 0.416 e. The summed E-state index contributed by atoms with van der Waals surface area (Å²) in [4.78, 5) is 10.8. The Balaban J connectivity index is 3.33. The van der Waals surface area contributed by atoms with Crippen molar-refractivity contribution >= 4 is 5.97 Å². The molecule has 114 valence electrons. The molecule has 6 heteroatoms. The van der Waals surface area contributed by atoms with Gasteiger partial charge in [0.05, 0.1) is 17.0 Å². The lowest BCUT2D eigenvalue weighted by Crippen LogP contribution is -2.32. The lowest BCUT2D eigenvalue weighted by atomic mass is 9.69. The third-order valence-corrected chi connectivity index (χ3v) is 3.62. The fourth-order valence-corrected chi connectivity index (χ4v) is 2.29. The quantitative estimate of drug-likeness (QED) is 0.894. The highest BCUT2D eigenvalue weighted by molar-refractivity contribution is 5.67. The van der Waals surface area contributed by atoms with Gasteiger partial charge < -0.3 is 5.11 Å². The predicted molar refractivity (Wildman–Crippen MR) is 70.4 cm³/mol. The lowest BCUT2D eigenvalue weighted by molar-refractivity contribution is -0.138. The number of carboxylic acids is 1. The minimum Gasteiger partial charge on any atom is -0.481 e. The van der Waals surface area contributed by atoms with Crippen molar-refractivity contribution in [3.63, 3.8) is 0 Å². The van der Waals surface area contributed by atoms with E-state index in [2.05, 4.69) is 0 Å². The second kappa shape index (κ2) is 6.17. The summed E-state index contributed by atoms with van der Waals surface area (Å²) in [7, 11) is 0. The fourth-order valence-electron chi connectivity index (χ4n) is 2.29. The normalized spacial score (nSPS) is 14.5. The maximum absolute atomic E-state index is 12.8. The van der Waals surface area contributed by atoms with Crippen molar-refractivity contribution in [2.75, 3.05) is 0 Å². The number of aliphatic carboxylic acids is 1. The molecule has 0 aliphatic heterocycles. The van der Waals surface area contributed by atoms with Gasteiger partial charge in [0.1, 0.15) is 0 Å². The summed E-state index contributed by atoms with van der Waals surface area (Å²) >= 11 is 0. The molecule has 21 heavy (non-hydrogen) atoms. The standard InChI is InChI=1S/C15H16F3NO2/c1-10(2)14(9-19,7-6-13(20)21)11-4-3-5-12(8-11)15(16,17)18/h3-5,8,10H,6-7H2,1-2H3,(H,20,21). The van der Waals surface area contributed by atoms with E-state index in [0.29, 0.717) is 0 Å². The molecule has 1 aromatic rings. The number of hydrogen-bond acceptors (Lipinski definition) is 2. The van der Waals surface area contributed by atoms with Crippen LogP contribution < -0.4 is 0 Å². The van der Waals surface area contributed by atoms with Gasteiger partial charge in [-0.15, -0.1) is 0 Å². The van der Waals surface area contributed by atoms with Crippen LogP contribution in [0.25, 0.3) is 0 Å². The van der Waals surface area contributed by atoms with Crippen LogP contribution in [0.1, 0.15) is 37.8 Å². The van der Waals surface area contributed by atoms with Crippen molar-refractivity contribution in [3.05, 3.63) is 35.4 Å². The molecule has 0 aliphatic rings. The van der Waals surface area contributed by atoms with E-state index in [-0.39, 0.29) is 24.3 Å². The highest BCUT2D eigenvalue weighted by Gasteiger charge is 2.38. The maximum atomic E-state index is 12.8. The van der Waals surface area contributed by atoms with Crippen LogP contribution in [0.4, 0.5) is 13.2 Å². The third-order valence-electron chi connectivity index (χ3n) is 3.62. The Hall–Kier alpha value is -2.03. The first-order valence-electron chi connectivity index (χ1n) is 6.44. The molecule has 1 aromatic carbocycles. The Labute approximate surface area is 121 Å². The van der Waals surface area contributed by atoms with Crippen molar-refractivity contribution < 1.29 is 23.1 Å². The van der Waals surface area contributed by atoms with Crippen LogP contribution in [-0.2, 0) is 16.4 Å². The Morgan fingerprint density at radius 2 is 1.90 bits per heavy atom. The molecule has 0 amide bonds. The van der Waals surface area contributed by atoms with Crippen LogP contribution >= 0.6 is 0 Å². The van der Waals surface area contributed by atoms with Crippen LogP contribution in [0.15, 0.2) is 24.3 Å². The van der Waals surface area contributed by atoms with E-state index < -0.39 is 23.1 Å². The van der Waals surface area contributed by atoms with Gasteiger partial charge in [-0.25, -0.2) is 0 Å².